The minimum Gasteiger partial charge on any atom is -0.489 e. The van der Waals surface area contributed by atoms with Crippen LogP contribution in [-0.4, -0.2) is 43.0 Å². The molecule has 2 aromatic carbocycles. The van der Waals surface area contributed by atoms with Crippen molar-refractivity contribution in [2.75, 3.05) is 28.8 Å². The fraction of sp³-hybridized carbons (Fsp3) is 0.515. The van der Waals surface area contributed by atoms with Crippen molar-refractivity contribution in [2.45, 2.75) is 83.1 Å². The Balaban J connectivity index is 1.78. The maximum atomic E-state index is 13.8. The van der Waals surface area contributed by atoms with Crippen LogP contribution in [0.3, 0.4) is 0 Å². The predicted molar refractivity (Wildman–Crippen MR) is 169 cm³/mol. The van der Waals surface area contributed by atoms with E-state index in [9.17, 15) is 47.9 Å². The van der Waals surface area contributed by atoms with Crippen LogP contribution in [0, 0.1) is 5.92 Å². The van der Waals surface area contributed by atoms with Gasteiger partial charge in [-0.2, -0.15) is 39.5 Å². The minimum absolute atomic E-state index is 0.00329. The molecular formula is C33H37F9N4O3S. The smallest absolute Gasteiger partial charge is 0.416 e. The maximum absolute atomic E-state index is 13.8. The summed E-state index contributed by atoms with van der Waals surface area (Å²) in [4.78, 5) is 9.65. The van der Waals surface area contributed by atoms with Gasteiger partial charge in [0, 0.05) is 24.5 Å². The zero-order valence-corrected chi connectivity index (χ0v) is 28.2. The second kappa shape index (κ2) is 15.2. The van der Waals surface area contributed by atoms with Crippen LogP contribution in [-0.2, 0) is 34.9 Å². The van der Waals surface area contributed by atoms with Crippen LogP contribution >= 0.6 is 0 Å². The van der Waals surface area contributed by atoms with Gasteiger partial charge in [0.15, 0.2) is 15.6 Å². The fourth-order valence-electron chi connectivity index (χ4n) is 5.90. The minimum atomic E-state index is -5.12. The Morgan fingerprint density at radius 1 is 0.860 bits per heavy atom. The summed E-state index contributed by atoms with van der Waals surface area (Å²) in [7, 11) is -3.36. The molecule has 0 radical (unpaired) electrons. The summed E-state index contributed by atoms with van der Waals surface area (Å²) in [5, 5.41) is 3.15. The summed E-state index contributed by atoms with van der Waals surface area (Å²) in [6.07, 6.45) is -6.84. The van der Waals surface area contributed by atoms with Crippen molar-refractivity contribution in [3.05, 3.63) is 76.6 Å². The molecule has 2 unspecified atom stereocenters. The van der Waals surface area contributed by atoms with Gasteiger partial charge in [0.1, 0.15) is 6.61 Å². The third-order valence-electron chi connectivity index (χ3n) is 8.50. The Bertz CT molecular complexity index is 1680. The Morgan fingerprint density at radius 3 is 1.94 bits per heavy atom. The Hall–Kier alpha value is -3.76. The first-order chi connectivity index (χ1) is 23.1. The zero-order chi connectivity index (χ0) is 37.1. The first kappa shape index (κ1) is 39.0. The average molecular weight is 741 g/mol. The highest BCUT2D eigenvalue weighted by Crippen LogP contribution is 2.40. The van der Waals surface area contributed by atoms with E-state index in [1.807, 2.05) is 6.92 Å². The van der Waals surface area contributed by atoms with Crippen LogP contribution in [0.25, 0.3) is 0 Å². The third kappa shape index (κ3) is 10.9. The maximum Gasteiger partial charge on any atom is 0.416 e. The standard InChI is InChI=1S/C33H37F9N4O3S/c1-20(12-22-6-4-5-7-22)45-29-16-25(31(34,35)36)9-8-23(29)19-46(30-43-17-28(18-44-30)49-10-11-50(3,47)48)21(2)24-13-26(32(37,38)39)15-27(14-24)33(40,41)42/h8-9,13-18,20-22,45H,4-7,10-12,19H2,1-3H3. The third-order valence-corrected chi connectivity index (χ3v) is 9.40. The Morgan fingerprint density at radius 2 is 1.42 bits per heavy atom. The molecular weight excluding hydrogens is 703 g/mol. The summed E-state index contributed by atoms with van der Waals surface area (Å²) >= 11 is 0. The van der Waals surface area contributed by atoms with Gasteiger partial charge in [0.2, 0.25) is 5.95 Å². The van der Waals surface area contributed by atoms with Crippen LogP contribution in [0.5, 0.6) is 5.75 Å². The quantitative estimate of drug-likeness (QED) is 0.175. The van der Waals surface area contributed by atoms with E-state index in [2.05, 4.69) is 15.3 Å². The van der Waals surface area contributed by atoms with Crippen LogP contribution < -0.4 is 15.0 Å². The molecule has 3 aromatic rings. The molecule has 276 valence electrons. The molecule has 1 aliphatic carbocycles. The van der Waals surface area contributed by atoms with Gasteiger partial charge < -0.3 is 15.0 Å². The van der Waals surface area contributed by atoms with Crippen molar-refractivity contribution in [3.8, 4) is 5.75 Å². The number of hydrogen-bond acceptors (Lipinski definition) is 7. The lowest BCUT2D eigenvalue weighted by Crippen LogP contribution is -2.30. The molecule has 50 heavy (non-hydrogen) atoms. The molecule has 0 amide bonds. The molecule has 1 saturated carbocycles. The van der Waals surface area contributed by atoms with Gasteiger partial charge in [0.25, 0.3) is 0 Å². The number of ether oxygens (including phenoxy) is 1. The highest BCUT2D eigenvalue weighted by molar-refractivity contribution is 7.90. The van der Waals surface area contributed by atoms with Gasteiger partial charge in [-0.1, -0.05) is 31.7 Å². The number of nitrogens with zero attached hydrogens (tertiary/aromatic N) is 3. The molecule has 0 spiro atoms. The normalized spacial score (nSPS) is 15.9. The van der Waals surface area contributed by atoms with E-state index in [1.54, 1.807) is 0 Å². The summed E-state index contributed by atoms with van der Waals surface area (Å²) in [6, 6.07) is 2.58. The van der Waals surface area contributed by atoms with Crippen molar-refractivity contribution in [2.24, 2.45) is 5.92 Å². The van der Waals surface area contributed by atoms with E-state index >= 15 is 0 Å². The van der Waals surface area contributed by atoms with Crippen molar-refractivity contribution in [3.63, 3.8) is 0 Å². The van der Waals surface area contributed by atoms with E-state index in [1.165, 1.54) is 17.9 Å². The fourth-order valence-corrected chi connectivity index (χ4v) is 6.29. The van der Waals surface area contributed by atoms with Gasteiger partial charge in [-0.25, -0.2) is 18.4 Å². The monoisotopic (exact) mass is 740 g/mol. The molecule has 1 aromatic heterocycles. The average Bonchev–Trinajstić information content (AvgIpc) is 3.51. The van der Waals surface area contributed by atoms with Crippen molar-refractivity contribution < 1.29 is 52.7 Å². The molecule has 0 saturated heterocycles. The molecule has 0 aliphatic heterocycles. The predicted octanol–water partition coefficient (Wildman–Crippen LogP) is 9.10. The molecule has 1 fully saturated rings. The van der Waals surface area contributed by atoms with Gasteiger partial charge in [-0.15, -0.1) is 0 Å². The second-order valence-electron chi connectivity index (χ2n) is 12.6. The van der Waals surface area contributed by atoms with Crippen LogP contribution in [0.1, 0.15) is 79.8 Å². The van der Waals surface area contributed by atoms with Gasteiger partial charge in [-0.3, -0.25) is 0 Å². The van der Waals surface area contributed by atoms with E-state index in [4.69, 9.17) is 4.74 Å². The summed E-state index contributed by atoms with van der Waals surface area (Å²) in [5.41, 5.74) is -4.09. The highest BCUT2D eigenvalue weighted by atomic mass is 32.2. The molecule has 1 N–H and O–H groups in total. The number of hydrogen-bond donors (Lipinski definition) is 1. The lowest BCUT2D eigenvalue weighted by Gasteiger charge is -2.32. The number of rotatable bonds is 13. The van der Waals surface area contributed by atoms with Gasteiger partial charge in [-0.05, 0) is 67.6 Å². The SMILES string of the molecule is CC(CC1CCCC1)Nc1cc(C(F)(F)F)ccc1CN(c1ncc(OCCS(C)(=O)=O)cn1)C(C)c1cc(C(F)(F)F)cc(C(F)(F)F)c1. The topological polar surface area (TPSA) is 84.4 Å². The number of alkyl halides is 9. The van der Waals surface area contributed by atoms with Crippen LogP contribution in [0.2, 0.25) is 0 Å². The first-order valence-corrected chi connectivity index (χ1v) is 17.8. The number of benzene rings is 2. The first-order valence-electron chi connectivity index (χ1n) is 15.8. The van der Waals surface area contributed by atoms with E-state index in [0.717, 1.165) is 56.5 Å². The molecule has 7 nitrogen and oxygen atoms in total. The van der Waals surface area contributed by atoms with Crippen LogP contribution in [0.4, 0.5) is 51.1 Å². The number of aromatic nitrogens is 2. The number of nitrogens with one attached hydrogen (secondary N) is 1. The molecule has 17 heteroatoms. The Kier molecular flexibility index (Phi) is 11.9. The van der Waals surface area contributed by atoms with Crippen molar-refractivity contribution in [1.29, 1.82) is 0 Å². The van der Waals surface area contributed by atoms with Crippen molar-refractivity contribution in [1.82, 2.24) is 9.97 Å². The summed E-state index contributed by atoms with van der Waals surface area (Å²) in [6.45, 7) is 2.58. The molecule has 1 aliphatic rings. The largest absolute Gasteiger partial charge is 0.489 e. The van der Waals surface area contributed by atoms with Gasteiger partial charge in [0.05, 0.1) is 40.9 Å². The second-order valence-corrected chi connectivity index (χ2v) is 14.9. The molecule has 4 rings (SSSR count). The van der Waals surface area contributed by atoms with E-state index in [-0.39, 0.29) is 54.0 Å². The Labute approximate surface area is 284 Å². The van der Waals surface area contributed by atoms with E-state index in [0.29, 0.717) is 24.5 Å². The lowest BCUT2D eigenvalue weighted by molar-refractivity contribution is -0.143. The molecule has 2 atom stereocenters. The molecule has 1 heterocycles. The molecule has 0 bridgehead atoms. The van der Waals surface area contributed by atoms with Crippen LogP contribution in [0.15, 0.2) is 48.8 Å². The lowest BCUT2D eigenvalue weighted by atomic mass is 9.97. The van der Waals surface area contributed by atoms with Crippen molar-refractivity contribution >= 4 is 21.5 Å². The number of sulfone groups is 1. The summed E-state index contributed by atoms with van der Waals surface area (Å²) in [5.74, 6) is -0.0962. The highest BCUT2D eigenvalue weighted by Gasteiger charge is 2.38. The zero-order valence-electron chi connectivity index (χ0n) is 27.4. The summed E-state index contributed by atoms with van der Waals surface area (Å²) < 4.78 is 152. The number of halogens is 9. The van der Waals surface area contributed by atoms with E-state index < -0.39 is 56.7 Å². The number of anilines is 2. The van der Waals surface area contributed by atoms with Gasteiger partial charge >= 0.3 is 18.5 Å².